The minimum absolute atomic E-state index is 0.857. The van der Waals surface area contributed by atoms with Crippen molar-refractivity contribution < 1.29 is 0 Å². The normalized spacial score (nSPS) is 9.36. The summed E-state index contributed by atoms with van der Waals surface area (Å²) in [6, 6.07) is 1.97. The van der Waals surface area contributed by atoms with Crippen LogP contribution in [0, 0.1) is 0 Å². The summed E-state index contributed by atoms with van der Waals surface area (Å²) in [6.07, 6.45) is 1.76. The van der Waals surface area contributed by atoms with Gasteiger partial charge in [0.15, 0.2) is 0 Å². The van der Waals surface area contributed by atoms with Gasteiger partial charge in [-0.2, -0.15) is 0 Å². The van der Waals surface area contributed by atoms with E-state index in [9.17, 15) is 0 Å². The van der Waals surface area contributed by atoms with Crippen LogP contribution in [0.2, 0.25) is 0 Å². The van der Waals surface area contributed by atoms with Crippen LogP contribution in [-0.4, -0.2) is 19.1 Å². The van der Waals surface area contributed by atoms with Gasteiger partial charge in [-0.3, -0.25) is 0 Å². The molecule has 0 aliphatic rings. The van der Waals surface area contributed by atoms with Crippen LogP contribution in [0.1, 0.15) is 0 Å². The maximum absolute atomic E-state index is 4.15. The molecular weight excluding hydrogens is 206 g/mol. The van der Waals surface area contributed by atoms with Crippen molar-refractivity contribution in [3.8, 4) is 0 Å². The highest BCUT2D eigenvalue weighted by molar-refractivity contribution is 9.10. The molecule has 0 amide bonds. The van der Waals surface area contributed by atoms with Gasteiger partial charge in [-0.25, -0.2) is 4.98 Å². The molecule has 0 atom stereocenters. The van der Waals surface area contributed by atoms with Gasteiger partial charge in [-0.05, 0) is 22.0 Å². The summed E-state index contributed by atoms with van der Waals surface area (Å²) in [5.41, 5.74) is 0.988. The second-order valence-corrected chi connectivity index (χ2v) is 2.97. The Hall–Kier alpha value is -0.770. The fourth-order valence-electron chi connectivity index (χ4n) is 0.829. The molecule has 0 saturated carbocycles. The van der Waals surface area contributed by atoms with Crippen LogP contribution in [0.15, 0.2) is 16.7 Å². The summed E-state index contributed by atoms with van der Waals surface area (Å²) >= 11 is 3.34. The molecule has 0 aliphatic heterocycles. The van der Waals surface area contributed by atoms with Crippen molar-refractivity contribution in [1.82, 2.24) is 4.98 Å². The molecule has 0 unspecified atom stereocenters. The smallest absolute Gasteiger partial charge is 0.149 e. The number of aromatic nitrogens is 1. The standard InChI is InChI=1S/C7H10BrN3/c1-9-6-3-5(8)4-11-7(6)10-2/h3-4,9H,1-2H3,(H,10,11). The van der Waals surface area contributed by atoms with Crippen molar-refractivity contribution in [2.75, 3.05) is 24.7 Å². The lowest BCUT2D eigenvalue weighted by molar-refractivity contribution is 1.26. The number of hydrogen-bond acceptors (Lipinski definition) is 3. The van der Waals surface area contributed by atoms with E-state index < -0.39 is 0 Å². The van der Waals surface area contributed by atoms with Gasteiger partial charge in [0.05, 0.1) is 5.69 Å². The lowest BCUT2D eigenvalue weighted by Crippen LogP contribution is -1.98. The molecule has 0 aromatic carbocycles. The topological polar surface area (TPSA) is 37.0 Å². The Morgan fingerprint density at radius 1 is 1.36 bits per heavy atom. The number of nitrogens with zero attached hydrogens (tertiary/aromatic N) is 1. The Morgan fingerprint density at radius 2 is 2.09 bits per heavy atom. The first-order valence-corrected chi connectivity index (χ1v) is 4.08. The number of anilines is 2. The molecule has 0 fully saturated rings. The second-order valence-electron chi connectivity index (χ2n) is 2.05. The lowest BCUT2D eigenvalue weighted by Gasteiger charge is -2.06. The first kappa shape index (κ1) is 8.33. The summed E-state index contributed by atoms with van der Waals surface area (Å²) in [5, 5.41) is 6.01. The van der Waals surface area contributed by atoms with Gasteiger partial charge >= 0.3 is 0 Å². The van der Waals surface area contributed by atoms with Crippen molar-refractivity contribution in [1.29, 1.82) is 0 Å². The number of hydrogen-bond donors (Lipinski definition) is 2. The maximum atomic E-state index is 4.15. The zero-order valence-electron chi connectivity index (χ0n) is 6.48. The Kier molecular flexibility index (Phi) is 2.70. The average molecular weight is 216 g/mol. The van der Waals surface area contributed by atoms with Gasteiger partial charge in [0.25, 0.3) is 0 Å². The molecule has 4 heteroatoms. The molecule has 1 heterocycles. The van der Waals surface area contributed by atoms with E-state index >= 15 is 0 Å². The Labute approximate surface area is 74.3 Å². The molecule has 0 aliphatic carbocycles. The summed E-state index contributed by atoms with van der Waals surface area (Å²) in [6.45, 7) is 0. The van der Waals surface area contributed by atoms with Gasteiger partial charge in [0.2, 0.25) is 0 Å². The van der Waals surface area contributed by atoms with Crippen molar-refractivity contribution in [2.45, 2.75) is 0 Å². The van der Waals surface area contributed by atoms with Crippen LogP contribution in [-0.2, 0) is 0 Å². The fourth-order valence-corrected chi connectivity index (χ4v) is 1.16. The fraction of sp³-hybridized carbons (Fsp3) is 0.286. The van der Waals surface area contributed by atoms with Crippen LogP contribution < -0.4 is 10.6 Å². The van der Waals surface area contributed by atoms with Crippen LogP contribution in [0.4, 0.5) is 11.5 Å². The molecule has 3 nitrogen and oxygen atoms in total. The average Bonchev–Trinajstić information content (AvgIpc) is 2.04. The number of rotatable bonds is 2. The monoisotopic (exact) mass is 215 g/mol. The summed E-state index contributed by atoms with van der Waals surface area (Å²) in [4.78, 5) is 4.15. The van der Waals surface area contributed by atoms with E-state index in [4.69, 9.17) is 0 Å². The van der Waals surface area contributed by atoms with Crippen LogP contribution in [0.25, 0.3) is 0 Å². The van der Waals surface area contributed by atoms with Gasteiger partial charge < -0.3 is 10.6 Å². The molecule has 11 heavy (non-hydrogen) atoms. The minimum atomic E-state index is 0.857. The lowest BCUT2D eigenvalue weighted by atomic mass is 10.4. The molecule has 1 rings (SSSR count). The summed E-state index contributed by atoms with van der Waals surface area (Å²) in [7, 11) is 3.71. The van der Waals surface area contributed by atoms with Crippen molar-refractivity contribution in [2.24, 2.45) is 0 Å². The van der Waals surface area contributed by atoms with Crippen molar-refractivity contribution in [3.63, 3.8) is 0 Å². The van der Waals surface area contributed by atoms with Crippen LogP contribution in [0.3, 0.4) is 0 Å². The first-order valence-electron chi connectivity index (χ1n) is 3.29. The van der Waals surface area contributed by atoms with E-state index in [1.54, 1.807) is 6.20 Å². The zero-order chi connectivity index (χ0) is 8.27. The highest BCUT2D eigenvalue weighted by atomic mass is 79.9. The van der Waals surface area contributed by atoms with E-state index in [0.29, 0.717) is 0 Å². The number of halogens is 1. The molecule has 0 bridgehead atoms. The van der Waals surface area contributed by atoms with E-state index in [2.05, 4.69) is 31.5 Å². The maximum Gasteiger partial charge on any atom is 0.149 e. The predicted octanol–water partition coefficient (Wildman–Crippen LogP) is 1.93. The Balaban J connectivity index is 3.06. The Bertz CT molecular complexity index is 249. The Morgan fingerprint density at radius 3 is 2.64 bits per heavy atom. The molecule has 1 aromatic heterocycles. The SMILES string of the molecule is CNc1cc(Br)cnc1NC. The second kappa shape index (κ2) is 3.57. The molecule has 1 aromatic rings. The van der Waals surface area contributed by atoms with E-state index in [-0.39, 0.29) is 0 Å². The van der Waals surface area contributed by atoms with Crippen molar-refractivity contribution in [3.05, 3.63) is 16.7 Å². The summed E-state index contributed by atoms with van der Waals surface area (Å²) < 4.78 is 0.973. The third-order valence-corrected chi connectivity index (χ3v) is 1.79. The minimum Gasteiger partial charge on any atom is -0.385 e. The van der Waals surface area contributed by atoms with Crippen molar-refractivity contribution >= 4 is 27.4 Å². The van der Waals surface area contributed by atoms with Gasteiger partial charge in [-0.15, -0.1) is 0 Å². The molecule has 60 valence electrons. The molecule has 0 radical (unpaired) electrons. The van der Waals surface area contributed by atoms with Crippen LogP contribution in [0.5, 0.6) is 0 Å². The van der Waals surface area contributed by atoms with Gasteiger partial charge in [0.1, 0.15) is 5.82 Å². The largest absolute Gasteiger partial charge is 0.385 e. The van der Waals surface area contributed by atoms with E-state index in [1.807, 2.05) is 20.2 Å². The zero-order valence-corrected chi connectivity index (χ0v) is 8.07. The van der Waals surface area contributed by atoms with Gasteiger partial charge in [-0.1, -0.05) is 0 Å². The van der Waals surface area contributed by atoms with E-state index in [0.717, 1.165) is 16.0 Å². The third-order valence-electron chi connectivity index (χ3n) is 1.36. The van der Waals surface area contributed by atoms with Crippen LogP contribution >= 0.6 is 15.9 Å². The summed E-state index contributed by atoms with van der Waals surface area (Å²) in [5.74, 6) is 0.857. The first-order chi connectivity index (χ1) is 5.27. The number of nitrogens with one attached hydrogen (secondary N) is 2. The molecule has 0 spiro atoms. The highest BCUT2D eigenvalue weighted by Gasteiger charge is 1.99. The third kappa shape index (κ3) is 1.83. The predicted molar refractivity (Wildman–Crippen MR) is 51.0 cm³/mol. The molecular formula is C7H10BrN3. The number of pyridine rings is 1. The van der Waals surface area contributed by atoms with E-state index in [1.165, 1.54) is 0 Å². The molecule has 0 saturated heterocycles. The quantitative estimate of drug-likeness (QED) is 0.792. The highest BCUT2D eigenvalue weighted by Crippen LogP contribution is 2.21. The van der Waals surface area contributed by atoms with Gasteiger partial charge in [0, 0.05) is 24.8 Å². The molecule has 2 N–H and O–H groups in total.